The Bertz CT molecular complexity index is 607. The van der Waals surface area contributed by atoms with Crippen molar-refractivity contribution in [3.63, 3.8) is 0 Å². The summed E-state index contributed by atoms with van der Waals surface area (Å²) in [4.78, 5) is 5.02. The zero-order valence-electron chi connectivity index (χ0n) is 9.64. The van der Waals surface area contributed by atoms with Crippen molar-refractivity contribution in [2.24, 2.45) is 0 Å². The second-order valence-electron chi connectivity index (χ2n) is 3.50. The van der Waals surface area contributed by atoms with E-state index in [0.29, 0.717) is 21.8 Å². The maximum absolute atomic E-state index is 6.18. The number of ether oxygens (including phenoxy) is 1. The average Bonchev–Trinajstić information content (AvgIpc) is 2.80. The Morgan fingerprint density at radius 2 is 2.16 bits per heavy atom. The molecule has 102 valence electrons. The summed E-state index contributed by atoms with van der Waals surface area (Å²) >= 11 is 20.2. The number of rotatable bonds is 4. The van der Waals surface area contributed by atoms with Gasteiger partial charge in [-0.3, -0.25) is 0 Å². The lowest BCUT2D eigenvalue weighted by Crippen LogP contribution is -2.01. The molecule has 0 bridgehead atoms. The van der Waals surface area contributed by atoms with E-state index in [2.05, 4.69) is 42.2 Å². The highest BCUT2D eigenvalue weighted by molar-refractivity contribution is 9.11. The van der Waals surface area contributed by atoms with E-state index in [1.165, 1.54) is 11.3 Å². The first-order chi connectivity index (χ1) is 9.02. The van der Waals surface area contributed by atoms with Crippen LogP contribution in [0.1, 0.15) is 4.88 Å². The normalized spacial score (nSPS) is 10.6. The number of hydrogen-bond donors (Lipinski definition) is 1. The van der Waals surface area contributed by atoms with Gasteiger partial charge in [-0.05, 0) is 37.9 Å². The molecule has 19 heavy (non-hydrogen) atoms. The molecule has 0 aliphatic carbocycles. The van der Waals surface area contributed by atoms with Crippen molar-refractivity contribution in [1.29, 1.82) is 0 Å². The molecule has 0 aliphatic rings. The van der Waals surface area contributed by atoms with E-state index in [-0.39, 0.29) is 0 Å². The van der Waals surface area contributed by atoms with Gasteiger partial charge in [-0.1, -0.05) is 23.2 Å². The Morgan fingerprint density at radius 1 is 1.42 bits per heavy atom. The van der Waals surface area contributed by atoms with E-state index in [1.54, 1.807) is 13.3 Å². The molecule has 1 aromatic carbocycles. The monoisotopic (exact) mass is 444 g/mol. The Kier molecular flexibility index (Phi) is 5.37. The van der Waals surface area contributed by atoms with Crippen LogP contribution in [-0.2, 0) is 6.54 Å². The number of anilines is 1. The molecule has 0 aliphatic heterocycles. The Balaban J connectivity index is 2.26. The highest BCUT2D eigenvalue weighted by Crippen LogP contribution is 2.43. The van der Waals surface area contributed by atoms with Crippen molar-refractivity contribution in [2.45, 2.75) is 6.54 Å². The molecule has 0 unspecified atom stereocenters. The lowest BCUT2D eigenvalue weighted by atomic mass is 10.3. The zero-order valence-corrected chi connectivity index (χ0v) is 15.1. The largest absolute Gasteiger partial charge is 0.495 e. The molecule has 0 spiro atoms. The van der Waals surface area contributed by atoms with Crippen molar-refractivity contribution in [2.75, 3.05) is 12.4 Å². The van der Waals surface area contributed by atoms with E-state index in [0.717, 1.165) is 19.5 Å². The topological polar surface area (TPSA) is 34.1 Å². The summed E-state index contributed by atoms with van der Waals surface area (Å²) in [6.45, 7) is 0.595. The predicted molar refractivity (Wildman–Crippen MR) is 87.9 cm³/mol. The van der Waals surface area contributed by atoms with Gasteiger partial charge in [0.1, 0.15) is 5.75 Å². The molecule has 0 atom stereocenters. The Labute approximate surface area is 141 Å². The van der Waals surface area contributed by atoms with Crippen LogP contribution < -0.4 is 10.1 Å². The summed E-state index contributed by atoms with van der Waals surface area (Å²) in [5.74, 6) is 0.693. The molecule has 0 fully saturated rings. The van der Waals surface area contributed by atoms with E-state index >= 15 is 0 Å². The molecular formula is C11H8Br2Cl2N2OS. The van der Waals surface area contributed by atoms with Gasteiger partial charge in [0.25, 0.3) is 0 Å². The number of nitrogens with zero attached hydrogens (tertiary/aromatic N) is 1. The van der Waals surface area contributed by atoms with Crippen LogP contribution in [0.25, 0.3) is 0 Å². The predicted octanol–water partition coefficient (Wildman–Crippen LogP) is 5.60. The molecule has 0 amide bonds. The third-order valence-electron chi connectivity index (χ3n) is 2.31. The lowest BCUT2D eigenvalue weighted by molar-refractivity contribution is 0.416. The lowest BCUT2D eigenvalue weighted by Gasteiger charge is -2.14. The standard InChI is InChI=1S/C11H8Br2Cl2N2OS/c1-18-7-2-6(12)9(14)8(13)10(7)16-3-5-4-17-11(15)19-5/h2,4,16H,3H2,1H3. The summed E-state index contributed by atoms with van der Waals surface area (Å²) in [5.41, 5.74) is 0.792. The molecular weight excluding hydrogens is 439 g/mol. The van der Waals surface area contributed by atoms with Gasteiger partial charge in [0, 0.05) is 15.5 Å². The number of thiazole rings is 1. The fraction of sp³-hybridized carbons (Fsp3) is 0.182. The van der Waals surface area contributed by atoms with Gasteiger partial charge in [-0.25, -0.2) is 4.98 Å². The maximum Gasteiger partial charge on any atom is 0.183 e. The third kappa shape index (κ3) is 3.55. The molecule has 2 rings (SSSR count). The van der Waals surface area contributed by atoms with E-state index in [1.807, 2.05) is 6.07 Å². The minimum atomic E-state index is 0.525. The van der Waals surface area contributed by atoms with Crippen molar-refractivity contribution < 1.29 is 4.74 Å². The average molecular weight is 447 g/mol. The molecule has 0 saturated heterocycles. The summed E-state index contributed by atoms with van der Waals surface area (Å²) in [5, 5.41) is 3.85. The third-order valence-corrected chi connectivity index (χ3v) is 5.69. The summed E-state index contributed by atoms with van der Waals surface area (Å²) in [7, 11) is 1.61. The van der Waals surface area contributed by atoms with Crippen LogP contribution in [0.2, 0.25) is 9.49 Å². The molecule has 1 N–H and O–H groups in total. The minimum Gasteiger partial charge on any atom is -0.495 e. The SMILES string of the molecule is COc1cc(Br)c(Cl)c(Br)c1NCc1cnc(Cl)s1. The maximum atomic E-state index is 6.18. The number of halogens is 4. The van der Waals surface area contributed by atoms with Crippen molar-refractivity contribution in [1.82, 2.24) is 4.98 Å². The van der Waals surface area contributed by atoms with Gasteiger partial charge in [-0.2, -0.15) is 0 Å². The Morgan fingerprint density at radius 3 is 2.74 bits per heavy atom. The van der Waals surface area contributed by atoms with Crippen molar-refractivity contribution in [3.05, 3.63) is 35.6 Å². The number of benzene rings is 1. The molecule has 2 aromatic rings. The van der Waals surface area contributed by atoms with Crippen LogP contribution >= 0.6 is 66.4 Å². The van der Waals surface area contributed by atoms with Gasteiger partial charge < -0.3 is 10.1 Å². The van der Waals surface area contributed by atoms with E-state index < -0.39 is 0 Å². The quantitative estimate of drug-likeness (QED) is 0.621. The summed E-state index contributed by atoms with van der Waals surface area (Å²) in [6.07, 6.45) is 1.74. The Hall–Kier alpha value is -0.0100. The fourth-order valence-corrected chi connectivity index (χ4v) is 3.73. The smallest absolute Gasteiger partial charge is 0.183 e. The summed E-state index contributed by atoms with van der Waals surface area (Å²) in [6, 6.07) is 1.81. The van der Waals surface area contributed by atoms with Crippen LogP contribution in [0.4, 0.5) is 5.69 Å². The molecule has 0 saturated carbocycles. The number of methoxy groups -OCH3 is 1. The van der Waals surface area contributed by atoms with E-state index in [9.17, 15) is 0 Å². The van der Waals surface area contributed by atoms with Crippen LogP contribution in [0.5, 0.6) is 5.75 Å². The summed E-state index contributed by atoms with van der Waals surface area (Å²) < 4.78 is 7.38. The number of aromatic nitrogens is 1. The highest BCUT2D eigenvalue weighted by atomic mass is 79.9. The molecule has 0 radical (unpaired) electrons. The number of nitrogens with one attached hydrogen (secondary N) is 1. The molecule has 3 nitrogen and oxygen atoms in total. The van der Waals surface area contributed by atoms with Gasteiger partial charge >= 0.3 is 0 Å². The molecule has 8 heteroatoms. The highest BCUT2D eigenvalue weighted by Gasteiger charge is 2.15. The second kappa shape index (κ2) is 6.63. The molecule has 1 heterocycles. The fourth-order valence-electron chi connectivity index (χ4n) is 1.44. The first-order valence-corrected chi connectivity index (χ1v) is 8.24. The van der Waals surface area contributed by atoms with Crippen LogP contribution in [-0.4, -0.2) is 12.1 Å². The van der Waals surface area contributed by atoms with Gasteiger partial charge in [-0.15, -0.1) is 11.3 Å². The van der Waals surface area contributed by atoms with Crippen molar-refractivity contribution in [3.8, 4) is 5.75 Å². The van der Waals surface area contributed by atoms with Gasteiger partial charge in [0.05, 0.1) is 28.8 Å². The van der Waals surface area contributed by atoms with Crippen LogP contribution in [0, 0.1) is 0 Å². The van der Waals surface area contributed by atoms with Crippen LogP contribution in [0.3, 0.4) is 0 Å². The second-order valence-corrected chi connectivity index (χ2v) is 7.22. The van der Waals surface area contributed by atoms with Crippen LogP contribution in [0.15, 0.2) is 21.2 Å². The molecule has 1 aromatic heterocycles. The van der Waals surface area contributed by atoms with Crippen molar-refractivity contribution >= 4 is 72.1 Å². The van der Waals surface area contributed by atoms with E-state index in [4.69, 9.17) is 27.9 Å². The first kappa shape index (κ1) is 15.4. The van der Waals surface area contributed by atoms with Gasteiger partial charge in [0.15, 0.2) is 4.47 Å². The first-order valence-electron chi connectivity index (χ1n) is 5.08. The minimum absolute atomic E-state index is 0.525. The number of hydrogen-bond acceptors (Lipinski definition) is 4. The van der Waals surface area contributed by atoms with Gasteiger partial charge in [0.2, 0.25) is 0 Å². The zero-order chi connectivity index (χ0) is 14.0.